The normalized spacial score (nSPS) is 13.5. The summed E-state index contributed by atoms with van der Waals surface area (Å²) in [5.41, 5.74) is 1.66. The van der Waals surface area contributed by atoms with E-state index in [1.54, 1.807) is 12.1 Å². The van der Waals surface area contributed by atoms with Gasteiger partial charge in [0.05, 0.1) is 6.54 Å². The number of likely N-dealkylation sites (N-methyl/N-ethyl adjacent to an activating group) is 1. The predicted molar refractivity (Wildman–Crippen MR) is 98.5 cm³/mol. The lowest BCUT2D eigenvalue weighted by atomic mass is 10.1. The Bertz CT molecular complexity index is 575. The van der Waals surface area contributed by atoms with Crippen LogP contribution in [-0.2, 0) is 9.59 Å². The first kappa shape index (κ1) is 20.5. The van der Waals surface area contributed by atoms with Gasteiger partial charge in [0.1, 0.15) is 0 Å². The number of quaternary nitrogens is 1. The zero-order valence-electron chi connectivity index (χ0n) is 15.2. The number of hydrogen-bond acceptors (Lipinski definition) is 2. The molecule has 0 aliphatic carbocycles. The van der Waals surface area contributed by atoms with Crippen LogP contribution in [0, 0.1) is 12.8 Å². The van der Waals surface area contributed by atoms with Crippen LogP contribution in [0.3, 0.4) is 0 Å². The lowest BCUT2D eigenvalue weighted by Gasteiger charge is -2.21. The molecule has 6 heteroatoms. The van der Waals surface area contributed by atoms with Crippen molar-refractivity contribution in [3.8, 4) is 0 Å². The van der Waals surface area contributed by atoms with Gasteiger partial charge in [-0.15, -0.1) is 0 Å². The third-order valence-corrected chi connectivity index (χ3v) is 4.42. The van der Waals surface area contributed by atoms with Gasteiger partial charge in [0, 0.05) is 16.8 Å². The van der Waals surface area contributed by atoms with E-state index >= 15 is 0 Å². The Morgan fingerprint density at radius 1 is 1.17 bits per heavy atom. The number of carbonyl (C=O) groups is 2. The van der Waals surface area contributed by atoms with Crippen LogP contribution in [0.2, 0.25) is 5.02 Å². The molecule has 2 atom stereocenters. The number of nitrogens with one attached hydrogen (secondary N) is 3. The highest BCUT2D eigenvalue weighted by Crippen LogP contribution is 2.19. The highest BCUT2D eigenvalue weighted by atomic mass is 35.5. The molecule has 2 amide bonds. The smallest absolute Gasteiger partial charge is 0.279 e. The summed E-state index contributed by atoms with van der Waals surface area (Å²) in [5, 5.41) is 6.43. The van der Waals surface area contributed by atoms with Crippen LogP contribution in [-0.4, -0.2) is 37.5 Å². The number of halogens is 1. The Kier molecular flexibility index (Phi) is 8.22. The van der Waals surface area contributed by atoms with E-state index in [1.165, 1.54) is 0 Å². The first-order valence-electron chi connectivity index (χ1n) is 8.41. The second-order valence-electron chi connectivity index (χ2n) is 6.56. The molecule has 0 heterocycles. The number of aryl methyl sites for hydroxylation is 1. The minimum absolute atomic E-state index is 0.0280. The fourth-order valence-corrected chi connectivity index (χ4v) is 2.33. The zero-order chi connectivity index (χ0) is 18.3. The SMILES string of the molecule is CC[NH+](CC(=O)Nc1cc(Cl)ccc1C)CC(=O)N[C@@H](C)C(C)C. The minimum Gasteiger partial charge on any atom is -0.348 e. The van der Waals surface area contributed by atoms with Gasteiger partial charge in [-0.05, 0) is 44.4 Å². The monoisotopic (exact) mass is 354 g/mol. The van der Waals surface area contributed by atoms with E-state index in [-0.39, 0.29) is 30.9 Å². The molecule has 5 nitrogen and oxygen atoms in total. The van der Waals surface area contributed by atoms with E-state index in [1.807, 2.05) is 26.8 Å². The maximum atomic E-state index is 12.3. The molecule has 1 aromatic carbocycles. The van der Waals surface area contributed by atoms with Gasteiger partial charge in [0.15, 0.2) is 13.1 Å². The van der Waals surface area contributed by atoms with Crippen LogP contribution in [0.5, 0.6) is 0 Å². The second kappa shape index (κ2) is 9.64. The Labute approximate surface area is 149 Å². The van der Waals surface area contributed by atoms with E-state index in [9.17, 15) is 9.59 Å². The van der Waals surface area contributed by atoms with E-state index in [4.69, 9.17) is 11.6 Å². The largest absolute Gasteiger partial charge is 0.348 e. The summed E-state index contributed by atoms with van der Waals surface area (Å²) in [6.07, 6.45) is 0. The predicted octanol–water partition coefficient (Wildman–Crippen LogP) is 1.65. The maximum Gasteiger partial charge on any atom is 0.279 e. The minimum atomic E-state index is -0.123. The van der Waals surface area contributed by atoms with Crippen LogP contribution in [0.4, 0.5) is 5.69 Å². The number of anilines is 1. The average Bonchev–Trinajstić information content (AvgIpc) is 2.49. The molecular weight excluding hydrogens is 326 g/mol. The van der Waals surface area contributed by atoms with Crippen LogP contribution in [0.1, 0.15) is 33.3 Å². The van der Waals surface area contributed by atoms with Gasteiger partial charge in [0.25, 0.3) is 11.8 Å². The average molecular weight is 355 g/mol. The van der Waals surface area contributed by atoms with Crippen molar-refractivity contribution >= 4 is 29.1 Å². The third-order valence-electron chi connectivity index (χ3n) is 4.18. The Morgan fingerprint density at radius 2 is 1.79 bits per heavy atom. The third kappa shape index (κ3) is 6.89. The number of rotatable bonds is 8. The van der Waals surface area contributed by atoms with Gasteiger partial charge in [-0.1, -0.05) is 31.5 Å². The second-order valence-corrected chi connectivity index (χ2v) is 7.00. The Morgan fingerprint density at radius 3 is 2.38 bits per heavy atom. The first-order valence-corrected chi connectivity index (χ1v) is 8.79. The van der Waals surface area contributed by atoms with Gasteiger partial charge in [-0.25, -0.2) is 0 Å². The fourth-order valence-electron chi connectivity index (χ4n) is 2.16. The molecule has 3 N–H and O–H groups in total. The molecule has 0 spiro atoms. The highest BCUT2D eigenvalue weighted by molar-refractivity contribution is 6.31. The van der Waals surface area contributed by atoms with Crippen molar-refractivity contribution < 1.29 is 14.5 Å². The van der Waals surface area contributed by atoms with Gasteiger partial charge in [-0.3, -0.25) is 9.59 Å². The molecular formula is C18H29ClN3O2+. The van der Waals surface area contributed by atoms with Crippen molar-refractivity contribution in [1.82, 2.24) is 5.32 Å². The molecule has 1 rings (SSSR count). The van der Waals surface area contributed by atoms with Crippen molar-refractivity contribution in [2.75, 3.05) is 25.0 Å². The zero-order valence-corrected chi connectivity index (χ0v) is 16.0. The molecule has 134 valence electrons. The van der Waals surface area contributed by atoms with E-state index in [0.717, 1.165) is 10.5 Å². The van der Waals surface area contributed by atoms with Crippen molar-refractivity contribution in [3.05, 3.63) is 28.8 Å². The highest BCUT2D eigenvalue weighted by Gasteiger charge is 2.19. The summed E-state index contributed by atoms with van der Waals surface area (Å²) in [6.45, 7) is 11.2. The Hall–Kier alpha value is -1.59. The summed E-state index contributed by atoms with van der Waals surface area (Å²) in [7, 11) is 0. The summed E-state index contributed by atoms with van der Waals surface area (Å²) in [6, 6.07) is 5.51. The molecule has 0 bridgehead atoms. The summed E-state index contributed by atoms with van der Waals surface area (Å²) < 4.78 is 0. The topological polar surface area (TPSA) is 62.6 Å². The fraction of sp³-hybridized carbons (Fsp3) is 0.556. The maximum absolute atomic E-state index is 12.3. The first-order chi connectivity index (χ1) is 11.2. The van der Waals surface area contributed by atoms with Crippen LogP contribution in [0.25, 0.3) is 0 Å². The lowest BCUT2D eigenvalue weighted by Crippen LogP contribution is -3.14. The van der Waals surface area contributed by atoms with Crippen LogP contribution < -0.4 is 15.5 Å². The lowest BCUT2D eigenvalue weighted by molar-refractivity contribution is -0.881. The van der Waals surface area contributed by atoms with Crippen molar-refractivity contribution in [2.45, 2.75) is 40.7 Å². The summed E-state index contributed by atoms with van der Waals surface area (Å²) in [4.78, 5) is 25.3. The number of amides is 2. The quantitative estimate of drug-likeness (QED) is 0.664. The molecule has 0 fully saturated rings. The number of carbonyl (C=O) groups excluding carboxylic acids is 2. The van der Waals surface area contributed by atoms with Gasteiger partial charge < -0.3 is 15.5 Å². The molecule has 1 unspecified atom stereocenters. The van der Waals surface area contributed by atoms with E-state index in [0.29, 0.717) is 23.2 Å². The molecule has 0 aromatic heterocycles. The van der Waals surface area contributed by atoms with Gasteiger partial charge in [0.2, 0.25) is 0 Å². The molecule has 0 saturated carbocycles. The number of hydrogen-bond donors (Lipinski definition) is 3. The van der Waals surface area contributed by atoms with Crippen molar-refractivity contribution in [3.63, 3.8) is 0 Å². The molecule has 0 aliphatic heterocycles. The summed E-state index contributed by atoms with van der Waals surface area (Å²) >= 11 is 5.97. The van der Waals surface area contributed by atoms with Gasteiger partial charge in [-0.2, -0.15) is 0 Å². The molecule has 0 saturated heterocycles. The van der Waals surface area contributed by atoms with Crippen molar-refractivity contribution in [2.24, 2.45) is 5.92 Å². The standard InChI is InChI=1S/C18H28ClN3O2/c1-6-22(10-17(23)20-14(5)12(2)3)11-18(24)21-16-9-15(19)8-7-13(16)4/h7-9,12,14H,6,10-11H2,1-5H3,(H,20,23)(H,21,24)/p+1/t14-/m0/s1. The molecule has 0 aliphatic rings. The van der Waals surface area contributed by atoms with Crippen LogP contribution >= 0.6 is 11.6 Å². The molecule has 0 radical (unpaired) electrons. The summed E-state index contributed by atoms with van der Waals surface area (Å²) in [5.74, 6) is 0.231. The van der Waals surface area contributed by atoms with Crippen LogP contribution in [0.15, 0.2) is 18.2 Å². The van der Waals surface area contributed by atoms with E-state index in [2.05, 4.69) is 24.5 Å². The number of benzene rings is 1. The Balaban J connectivity index is 2.56. The molecule has 1 aromatic rings. The van der Waals surface area contributed by atoms with Crippen molar-refractivity contribution in [1.29, 1.82) is 0 Å². The molecule has 24 heavy (non-hydrogen) atoms. The van der Waals surface area contributed by atoms with Gasteiger partial charge >= 0.3 is 0 Å². The van der Waals surface area contributed by atoms with E-state index < -0.39 is 0 Å².